The molecule has 1 aliphatic rings. The molecule has 1 N–H and O–H groups in total. The summed E-state index contributed by atoms with van der Waals surface area (Å²) >= 11 is 1.44. The Bertz CT molecular complexity index is 781. The molecule has 0 saturated heterocycles. The second-order valence-corrected chi connectivity index (χ2v) is 8.49. The first kappa shape index (κ1) is 20.9. The van der Waals surface area contributed by atoms with Gasteiger partial charge in [-0.2, -0.15) is 0 Å². The summed E-state index contributed by atoms with van der Waals surface area (Å²) in [7, 11) is 4.16. The normalized spacial score (nSPS) is 16.5. The lowest BCUT2D eigenvalue weighted by molar-refractivity contribution is -0.113. The van der Waals surface area contributed by atoms with Crippen molar-refractivity contribution in [1.29, 1.82) is 0 Å². The van der Waals surface area contributed by atoms with Crippen molar-refractivity contribution in [2.45, 2.75) is 69.6 Å². The molecule has 0 aromatic carbocycles. The van der Waals surface area contributed by atoms with Gasteiger partial charge in [-0.15, -0.1) is 10.2 Å². The number of carbonyl (C=O) groups is 1. The number of hydrogen-bond donors (Lipinski definition) is 1. The Kier molecular flexibility index (Phi) is 7.12. The van der Waals surface area contributed by atoms with Crippen molar-refractivity contribution >= 4 is 23.5 Å². The Morgan fingerprint density at radius 1 is 1.36 bits per heavy atom. The van der Waals surface area contributed by atoms with Gasteiger partial charge in [0, 0.05) is 12.1 Å². The number of hydrogen-bond acceptors (Lipinski definition) is 7. The lowest BCUT2D eigenvalue weighted by atomic mass is 9.95. The molecule has 0 bridgehead atoms. The molecule has 0 radical (unpaired) electrons. The Labute approximate surface area is 170 Å². The van der Waals surface area contributed by atoms with Gasteiger partial charge >= 0.3 is 0 Å². The predicted octanol–water partition coefficient (Wildman–Crippen LogP) is 3.82. The van der Waals surface area contributed by atoms with Crippen LogP contribution in [-0.4, -0.2) is 50.6 Å². The SMILES string of the molecule is CC[C@H](c1nnc(SCC(=O)Nc2cc(C)on2)n1C1CCCCC1)N(C)C. The van der Waals surface area contributed by atoms with Crippen molar-refractivity contribution in [3.63, 3.8) is 0 Å². The molecule has 28 heavy (non-hydrogen) atoms. The number of anilines is 1. The van der Waals surface area contributed by atoms with Crippen LogP contribution in [0, 0.1) is 6.92 Å². The topological polar surface area (TPSA) is 89.1 Å². The Morgan fingerprint density at radius 2 is 2.11 bits per heavy atom. The molecule has 2 aromatic rings. The number of aryl methyl sites for hydroxylation is 1. The fourth-order valence-corrected chi connectivity index (χ4v) is 4.62. The predicted molar refractivity (Wildman–Crippen MR) is 109 cm³/mol. The van der Waals surface area contributed by atoms with E-state index in [2.05, 4.69) is 51.2 Å². The van der Waals surface area contributed by atoms with Gasteiger partial charge in [-0.05, 0) is 40.3 Å². The maximum atomic E-state index is 12.3. The highest BCUT2D eigenvalue weighted by molar-refractivity contribution is 7.99. The van der Waals surface area contributed by atoms with Crippen molar-refractivity contribution in [3.8, 4) is 0 Å². The van der Waals surface area contributed by atoms with E-state index in [1.54, 1.807) is 13.0 Å². The van der Waals surface area contributed by atoms with Gasteiger partial charge in [0.25, 0.3) is 0 Å². The summed E-state index contributed by atoms with van der Waals surface area (Å²) in [6.07, 6.45) is 7.02. The summed E-state index contributed by atoms with van der Waals surface area (Å²) in [5.41, 5.74) is 0. The summed E-state index contributed by atoms with van der Waals surface area (Å²) < 4.78 is 7.29. The minimum Gasteiger partial charge on any atom is -0.360 e. The summed E-state index contributed by atoms with van der Waals surface area (Å²) in [6, 6.07) is 2.33. The molecule has 2 aromatic heterocycles. The average molecular weight is 407 g/mol. The van der Waals surface area contributed by atoms with Gasteiger partial charge in [-0.1, -0.05) is 43.1 Å². The highest BCUT2D eigenvalue weighted by Gasteiger charge is 2.28. The van der Waals surface area contributed by atoms with Crippen LogP contribution in [0.2, 0.25) is 0 Å². The van der Waals surface area contributed by atoms with Gasteiger partial charge in [0.2, 0.25) is 5.91 Å². The third-order valence-electron chi connectivity index (χ3n) is 5.17. The van der Waals surface area contributed by atoms with Crippen molar-refractivity contribution in [1.82, 2.24) is 24.8 Å². The molecule has 3 rings (SSSR count). The minimum absolute atomic E-state index is 0.127. The molecule has 0 aliphatic heterocycles. The first-order valence-corrected chi connectivity index (χ1v) is 10.9. The van der Waals surface area contributed by atoms with E-state index in [1.165, 1.54) is 31.0 Å². The average Bonchev–Trinajstić information content (AvgIpc) is 3.27. The molecule has 1 amide bonds. The van der Waals surface area contributed by atoms with E-state index in [9.17, 15) is 4.79 Å². The van der Waals surface area contributed by atoms with Crippen molar-refractivity contribution in [2.24, 2.45) is 0 Å². The Balaban J connectivity index is 1.75. The second-order valence-electron chi connectivity index (χ2n) is 7.55. The maximum absolute atomic E-state index is 12.3. The largest absolute Gasteiger partial charge is 0.360 e. The van der Waals surface area contributed by atoms with Crippen molar-refractivity contribution in [3.05, 3.63) is 17.7 Å². The highest BCUT2D eigenvalue weighted by atomic mass is 32.2. The quantitative estimate of drug-likeness (QED) is 0.667. The summed E-state index contributed by atoms with van der Waals surface area (Å²) in [6.45, 7) is 3.96. The molecule has 2 heterocycles. The van der Waals surface area contributed by atoms with Gasteiger partial charge in [-0.25, -0.2) is 0 Å². The second kappa shape index (κ2) is 9.56. The lowest BCUT2D eigenvalue weighted by Crippen LogP contribution is -2.26. The summed E-state index contributed by atoms with van der Waals surface area (Å²) in [5, 5.41) is 16.4. The molecule has 1 saturated carbocycles. The molecule has 9 heteroatoms. The van der Waals surface area contributed by atoms with E-state index in [0.29, 0.717) is 17.6 Å². The van der Waals surface area contributed by atoms with Crippen LogP contribution in [-0.2, 0) is 4.79 Å². The fourth-order valence-electron chi connectivity index (χ4n) is 3.81. The number of amides is 1. The highest BCUT2D eigenvalue weighted by Crippen LogP contribution is 2.35. The Morgan fingerprint density at radius 3 is 2.71 bits per heavy atom. The molecule has 1 aliphatic carbocycles. The smallest absolute Gasteiger partial charge is 0.236 e. The minimum atomic E-state index is -0.127. The van der Waals surface area contributed by atoms with E-state index >= 15 is 0 Å². The number of aromatic nitrogens is 4. The third-order valence-corrected chi connectivity index (χ3v) is 6.11. The van der Waals surface area contributed by atoms with Crippen LogP contribution in [0.25, 0.3) is 0 Å². The van der Waals surface area contributed by atoms with E-state index in [-0.39, 0.29) is 17.7 Å². The summed E-state index contributed by atoms with van der Waals surface area (Å²) in [5.74, 6) is 2.25. The van der Waals surface area contributed by atoms with Crippen LogP contribution in [0.5, 0.6) is 0 Å². The van der Waals surface area contributed by atoms with Gasteiger partial charge in [-0.3, -0.25) is 9.69 Å². The zero-order valence-corrected chi connectivity index (χ0v) is 18.0. The zero-order valence-electron chi connectivity index (χ0n) is 17.1. The van der Waals surface area contributed by atoms with E-state index in [4.69, 9.17) is 4.52 Å². The number of carbonyl (C=O) groups excluding carboxylic acids is 1. The van der Waals surface area contributed by atoms with Crippen LogP contribution in [0.15, 0.2) is 15.7 Å². The van der Waals surface area contributed by atoms with Crippen molar-refractivity contribution < 1.29 is 9.32 Å². The number of nitrogens with one attached hydrogen (secondary N) is 1. The van der Waals surface area contributed by atoms with E-state index in [0.717, 1.165) is 30.2 Å². The molecular formula is C19H30N6O2S. The monoisotopic (exact) mass is 406 g/mol. The Hall–Kier alpha value is -1.87. The molecular weight excluding hydrogens is 376 g/mol. The van der Waals surface area contributed by atoms with Crippen LogP contribution in [0.4, 0.5) is 5.82 Å². The molecule has 1 fully saturated rings. The van der Waals surface area contributed by atoms with Gasteiger partial charge in [0.1, 0.15) is 5.76 Å². The standard InChI is InChI=1S/C19H30N6O2S/c1-5-15(24(3)4)18-21-22-19(25(18)14-9-7-6-8-10-14)28-12-17(26)20-16-11-13(2)27-23-16/h11,14-15H,5-10,12H2,1-4H3,(H,20,23,26)/t15-/m1/s1. The number of rotatable bonds is 8. The van der Waals surface area contributed by atoms with Gasteiger partial charge < -0.3 is 14.4 Å². The molecule has 1 atom stereocenters. The van der Waals surface area contributed by atoms with Crippen molar-refractivity contribution in [2.75, 3.05) is 25.2 Å². The maximum Gasteiger partial charge on any atom is 0.236 e. The molecule has 8 nitrogen and oxygen atoms in total. The van der Waals surface area contributed by atoms with Crippen LogP contribution < -0.4 is 5.32 Å². The van der Waals surface area contributed by atoms with Crippen LogP contribution in [0.3, 0.4) is 0 Å². The zero-order chi connectivity index (χ0) is 20.1. The first-order valence-electron chi connectivity index (χ1n) is 9.96. The molecule has 154 valence electrons. The van der Waals surface area contributed by atoms with Crippen LogP contribution in [0.1, 0.15) is 69.1 Å². The molecule has 0 spiro atoms. The van der Waals surface area contributed by atoms with E-state index in [1.807, 2.05) is 0 Å². The van der Waals surface area contributed by atoms with E-state index < -0.39 is 0 Å². The van der Waals surface area contributed by atoms with Gasteiger partial charge in [0.15, 0.2) is 16.8 Å². The first-order chi connectivity index (χ1) is 13.5. The fraction of sp³-hybridized carbons (Fsp3) is 0.684. The lowest BCUT2D eigenvalue weighted by Gasteiger charge is -2.29. The third kappa shape index (κ3) is 4.94. The number of nitrogens with zero attached hydrogens (tertiary/aromatic N) is 5. The number of thioether (sulfide) groups is 1. The van der Waals surface area contributed by atoms with Crippen LogP contribution >= 0.6 is 11.8 Å². The summed E-state index contributed by atoms with van der Waals surface area (Å²) in [4.78, 5) is 14.5. The van der Waals surface area contributed by atoms with Gasteiger partial charge in [0.05, 0.1) is 11.8 Å². The molecule has 0 unspecified atom stereocenters.